The average Bonchev–Trinajstić information content (AvgIpc) is 2.94. The average molecular weight is 298 g/mol. The van der Waals surface area contributed by atoms with E-state index in [4.69, 9.17) is 0 Å². The van der Waals surface area contributed by atoms with Crippen LogP contribution in [0.3, 0.4) is 0 Å². The van der Waals surface area contributed by atoms with Gasteiger partial charge in [-0.1, -0.05) is 27.2 Å². The molecule has 0 unspecified atom stereocenters. The van der Waals surface area contributed by atoms with Crippen LogP contribution in [-0.4, -0.2) is 34.9 Å². The molecule has 2 heterocycles. The summed E-state index contributed by atoms with van der Waals surface area (Å²) in [4.78, 5) is 23.3. The lowest BCUT2D eigenvalue weighted by Gasteiger charge is -2.21. The monoisotopic (exact) mass is 298 g/mol. The maximum absolute atomic E-state index is 12.0. The lowest BCUT2D eigenvalue weighted by molar-refractivity contribution is -0.127. The summed E-state index contributed by atoms with van der Waals surface area (Å²) in [6, 6.07) is 0.568. The fourth-order valence-electron chi connectivity index (χ4n) is 2.81. The molecule has 0 saturated carbocycles. The highest BCUT2D eigenvalue weighted by atomic mass is 32.2. The Morgan fingerprint density at radius 1 is 1.35 bits per heavy atom. The number of thioether (sulfide) groups is 1. The van der Waals surface area contributed by atoms with Gasteiger partial charge in [-0.25, -0.2) is 4.79 Å². The maximum Gasteiger partial charge on any atom is 0.315 e. The van der Waals surface area contributed by atoms with Crippen LogP contribution in [0.4, 0.5) is 4.79 Å². The minimum absolute atomic E-state index is 0.0230. The van der Waals surface area contributed by atoms with Gasteiger partial charge >= 0.3 is 6.03 Å². The van der Waals surface area contributed by atoms with Gasteiger partial charge in [0.1, 0.15) is 5.78 Å². The van der Waals surface area contributed by atoms with Gasteiger partial charge in [0.05, 0.1) is 12.1 Å². The van der Waals surface area contributed by atoms with E-state index in [0.717, 1.165) is 31.4 Å². The third kappa shape index (κ3) is 3.48. The van der Waals surface area contributed by atoms with Crippen molar-refractivity contribution in [3.63, 3.8) is 0 Å². The molecule has 0 aromatic carbocycles. The quantitative estimate of drug-likeness (QED) is 0.561. The number of unbranched alkanes of at least 4 members (excludes halogenated alkanes) is 1. The fraction of sp³-hybridized carbons (Fsp3) is 0.867. The van der Waals surface area contributed by atoms with Gasteiger partial charge in [-0.3, -0.25) is 4.79 Å². The van der Waals surface area contributed by atoms with Crippen molar-refractivity contribution in [1.82, 2.24) is 10.6 Å². The first-order chi connectivity index (χ1) is 9.44. The van der Waals surface area contributed by atoms with Crippen LogP contribution in [0.1, 0.15) is 52.9 Å². The molecule has 0 bridgehead atoms. The van der Waals surface area contributed by atoms with Crippen molar-refractivity contribution < 1.29 is 9.59 Å². The molecule has 5 heteroatoms. The van der Waals surface area contributed by atoms with Crippen LogP contribution in [0.2, 0.25) is 0 Å². The van der Waals surface area contributed by atoms with Crippen LogP contribution >= 0.6 is 11.8 Å². The Hall–Kier alpha value is -0.710. The molecule has 0 aromatic heterocycles. The van der Waals surface area contributed by atoms with E-state index in [9.17, 15) is 9.59 Å². The standard InChI is InChI=1S/C15H26N2O2S/c1-4-15(2,3)12(18)8-6-5-7-11-13-10(9-20-11)16-14(19)17-13/h10-11,13H,4-9H2,1-3H3,(H2,16,17,19)/t10-,11-,13-/m0/s1. The molecule has 2 amide bonds. The number of carbonyl (C=O) groups excluding carboxylic acids is 2. The van der Waals surface area contributed by atoms with Crippen LogP contribution < -0.4 is 10.6 Å². The summed E-state index contributed by atoms with van der Waals surface area (Å²) in [5, 5.41) is 6.48. The molecule has 2 aliphatic rings. The molecule has 2 aliphatic heterocycles. The Labute approximate surface area is 125 Å². The van der Waals surface area contributed by atoms with E-state index in [1.54, 1.807) is 0 Å². The van der Waals surface area contributed by atoms with E-state index in [0.29, 0.717) is 23.5 Å². The topological polar surface area (TPSA) is 58.2 Å². The van der Waals surface area contributed by atoms with Crippen molar-refractivity contribution in [1.29, 1.82) is 0 Å². The number of Topliss-reactive ketones (excluding diaryl/α,β-unsaturated/α-hetero) is 1. The lowest BCUT2D eigenvalue weighted by atomic mass is 9.83. The van der Waals surface area contributed by atoms with Gasteiger partial charge in [0.15, 0.2) is 0 Å². The van der Waals surface area contributed by atoms with Crippen LogP contribution in [0.15, 0.2) is 0 Å². The predicted molar refractivity (Wildman–Crippen MR) is 83.0 cm³/mol. The van der Waals surface area contributed by atoms with Crippen LogP contribution in [0.25, 0.3) is 0 Å². The first-order valence-corrected chi connectivity index (χ1v) is 8.71. The molecule has 3 atom stereocenters. The van der Waals surface area contributed by atoms with Crippen molar-refractivity contribution in [3.05, 3.63) is 0 Å². The second kappa shape index (κ2) is 6.37. The Kier molecular flexibility index (Phi) is 4.99. The van der Waals surface area contributed by atoms with Crippen molar-refractivity contribution in [2.45, 2.75) is 70.2 Å². The molecule has 114 valence electrons. The fourth-order valence-corrected chi connectivity index (χ4v) is 4.35. The molecular weight excluding hydrogens is 272 g/mol. The first-order valence-electron chi connectivity index (χ1n) is 7.66. The minimum atomic E-state index is -0.170. The number of urea groups is 1. The largest absolute Gasteiger partial charge is 0.332 e. The molecule has 0 spiro atoms. The molecule has 2 N–H and O–H groups in total. The number of amides is 2. The van der Waals surface area contributed by atoms with Crippen molar-refractivity contribution in [2.75, 3.05) is 5.75 Å². The summed E-state index contributed by atoms with van der Waals surface area (Å²) in [7, 11) is 0. The molecular formula is C15H26N2O2S. The summed E-state index contributed by atoms with van der Waals surface area (Å²) in [5.41, 5.74) is -0.170. The maximum atomic E-state index is 12.0. The van der Waals surface area contributed by atoms with Crippen molar-refractivity contribution in [2.24, 2.45) is 5.41 Å². The van der Waals surface area contributed by atoms with Gasteiger partial charge in [0, 0.05) is 22.8 Å². The third-order valence-electron chi connectivity index (χ3n) is 4.72. The van der Waals surface area contributed by atoms with Crippen LogP contribution in [-0.2, 0) is 4.79 Å². The van der Waals surface area contributed by atoms with Crippen LogP contribution in [0, 0.1) is 5.41 Å². The summed E-state index contributed by atoms with van der Waals surface area (Å²) in [6.45, 7) is 6.14. The van der Waals surface area contributed by atoms with Gasteiger partial charge in [-0.15, -0.1) is 0 Å². The number of rotatable bonds is 7. The Balaban J connectivity index is 1.67. The summed E-state index contributed by atoms with van der Waals surface area (Å²) in [6.07, 6.45) is 4.73. The van der Waals surface area contributed by atoms with E-state index in [-0.39, 0.29) is 17.5 Å². The normalized spacial score (nSPS) is 28.9. The number of hydrogen-bond acceptors (Lipinski definition) is 3. The molecule has 4 nitrogen and oxygen atoms in total. The van der Waals surface area contributed by atoms with Gasteiger partial charge in [0.25, 0.3) is 0 Å². The predicted octanol–water partition coefficient (Wildman–Crippen LogP) is 2.72. The molecule has 0 radical (unpaired) electrons. The molecule has 0 aromatic rings. The second-order valence-corrected chi connectivity index (χ2v) is 7.80. The molecule has 2 rings (SSSR count). The minimum Gasteiger partial charge on any atom is -0.332 e. The van der Waals surface area contributed by atoms with Crippen molar-refractivity contribution in [3.8, 4) is 0 Å². The summed E-state index contributed by atoms with van der Waals surface area (Å²) in [5.74, 6) is 1.39. The highest BCUT2D eigenvalue weighted by Crippen LogP contribution is 2.33. The number of hydrogen-bond donors (Lipinski definition) is 2. The first kappa shape index (κ1) is 15.7. The zero-order valence-corrected chi connectivity index (χ0v) is 13.5. The van der Waals surface area contributed by atoms with E-state index in [1.165, 1.54) is 0 Å². The second-order valence-electron chi connectivity index (χ2n) is 6.53. The third-order valence-corrected chi connectivity index (χ3v) is 6.23. The number of carbonyl (C=O) groups is 2. The van der Waals surface area contributed by atoms with E-state index in [2.05, 4.69) is 17.6 Å². The number of fused-ring (bicyclic) bond motifs is 1. The van der Waals surface area contributed by atoms with Crippen LogP contribution in [0.5, 0.6) is 0 Å². The molecule has 0 aliphatic carbocycles. The Morgan fingerprint density at radius 2 is 2.10 bits per heavy atom. The highest BCUT2D eigenvalue weighted by molar-refractivity contribution is 8.00. The molecule has 20 heavy (non-hydrogen) atoms. The molecule has 2 saturated heterocycles. The lowest BCUT2D eigenvalue weighted by Crippen LogP contribution is -2.36. The summed E-state index contributed by atoms with van der Waals surface area (Å²) < 4.78 is 0. The number of nitrogens with one attached hydrogen (secondary N) is 2. The van der Waals surface area contributed by atoms with Gasteiger partial charge < -0.3 is 10.6 Å². The molecule has 2 fully saturated rings. The SMILES string of the molecule is CCC(C)(C)C(=O)CCCC[C@@H]1SC[C@@H]2NC(=O)N[C@@H]21. The van der Waals surface area contributed by atoms with E-state index < -0.39 is 0 Å². The van der Waals surface area contributed by atoms with E-state index >= 15 is 0 Å². The highest BCUT2D eigenvalue weighted by Gasteiger charge is 2.42. The van der Waals surface area contributed by atoms with Gasteiger partial charge in [-0.2, -0.15) is 11.8 Å². The zero-order chi connectivity index (χ0) is 14.8. The Morgan fingerprint density at radius 3 is 2.80 bits per heavy atom. The van der Waals surface area contributed by atoms with E-state index in [1.807, 2.05) is 25.6 Å². The smallest absolute Gasteiger partial charge is 0.315 e. The summed E-state index contributed by atoms with van der Waals surface area (Å²) >= 11 is 1.94. The van der Waals surface area contributed by atoms with Gasteiger partial charge in [-0.05, 0) is 19.3 Å². The zero-order valence-electron chi connectivity index (χ0n) is 12.7. The number of ketones is 1. The van der Waals surface area contributed by atoms with Crippen molar-refractivity contribution >= 4 is 23.6 Å². The Bertz CT molecular complexity index is 384. The van der Waals surface area contributed by atoms with Gasteiger partial charge in [0.2, 0.25) is 0 Å².